The number of halogens is 1. The quantitative estimate of drug-likeness (QED) is 0.173. The van der Waals surface area contributed by atoms with Crippen LogP contribution < -0.4 is 16.0 Å². The molecule has 0 aliphatic heterocycles. The summed E-state index contributed by atoms with van der Waals surface area (Å²) in [5.41, 5.74) is 3.64. The average Bonchev–Trinajstić information content (AvgIpc) is 3.50. The molecule has 230 valence electrons. The Morgan fingerprint density at radius 2 is 1.95 bits per heavy atom. The molecule has 0 saturated heterocycles. The number of allylic oxidation sites excluding steroid dienone is 2. The van der Waals surface area contributed by atoms with Crippen LogP contribution >= 0.6 is 11.6 Å². The second-order valence-electron chi connectivity index (χ2n) is 11.2. The van der Waals surface area contributed by atoms with E-state index in [4.69, 9.17) is 26.4 Å². The molecule has 1 aliphatic carbocycles. The lowest BCUT2D eigenvalue weighted by Gasteiger charge is -2.19. The van der Waals surface area contributed by atoms with Gasteiger partial charge in [0.05, 0.1) is 28.8 Å². The fourth-order valence-corrected chi connectivity index (χ4v) is 5.16. The van der Waals surface area contributed by atoms with Crippen molar-refractivity contribution in [1.29, 1.82) is 5.26 Å². The maximum absolute atomic E-state index is 13.5. The van der Waals surface area contributed by atoms with Gasteiger partial charge in [-0.2, -0.15) is 5.26 Å². The van der Waals surface area contributed by atoms with E-state index in [0.717, 1.165) is 17.7 Å². The molecule has 1 heterocycles. The highest BCUT2D eigenvalue weighted by molar-refractivity contribution is 6.34. The highest BCUT2D eigenvalue weighted by Gasteiger charge is 2.21. The van der Waals surface area contributed by atoms with Crippen LogP contribution in [-0.2, 0) is 17.8 Å². The van der Waals surface area contributed by atoms with Crippen molar-refractivity contribution in [2.45, 2.75) is 58.2 Å². The van der Waals surface area contributed by atoms with E-state index in [1.54, 1.807) is 30.3 Å². The van der Waals surface area contributed by atoms with Crippen molar-refractivity contribution in [2.75, 3.05) is 13.2 Å². The maximum atomic E-state index is 13.5. The van der Waals surface area contributed by atoms with Gasteiger partial charge < -0.3 is 25.5 Å². The van der Waals surface area contributed by atoms with Gasteiger partial charge in [0.15, 0.2) is 0 Å². The third-order valence-corrected chi connectivity index (χ3v) is 7.90. The molecule has 0 bridgehead atoms. The van der Waals surface area contributed by atoms with E-state index in [0.29, 0.717) is 48.7 Å². The number of carbonyl (C=O) groups excluding carboxylic acids is 2. The topological polar surface area (TPSA) is 127 Å². The van der Waals surface area contributed by atoms with Crippen LogP contribution in [0.25, 0.3) is 11.3 Å². The van der Waals surface area contributed by atoms with Crippen molar-refractivity contribution in [3.63, 3.8) is 0 Å². The Morgan fingerprint density at radius 1 is 1.16 bits per heavy atom. The highest BCUT2D eigenvalue weighted by atomic mass is 35.5. The molecule has 9 heteroatoms. The van der Waals surface area contributed by atoms with Crippen LogP contribution in [0.4, 0.5) is 0 Å². The van der Waals surface area contributed by atoms with Crippen molar-refractivity contribution in [3.05, 3.63) is 106 Å². The molecule has 0 spiro atoms. The third-order valence-electron chi connectivity index (χ3n) is 7.57. The first-order valence-corrected chi connectivity index (χ1v) is 15.3. The van der Waals surface area contributed by atoms with Crippen LogP contribution in [0.2, 0.25) is 5.02 Å². The molecule has 0 fully saturated rings. The van der Waals surface area contributed by atoms with Crippen molar-refractivity contribution in [1.82, 2.24) is 16.0 Å². The number of nitrogens with one attached hydrogen (secondary N) is 3. The predicted octanol–water partition coefficient (Wildman–Crippen LogP) is 5.70. The van der Waals surface area contributed by atoms with Gasteiger partial charge in [-0.05, 0) is 85.7 Å². The molecule has 8 nitrogen and oxygen atoms in total. The van der Waals surface area contributed by atoms with Gasteiger partial charge in [0.25, 0.3) is 5.91 Å². The number of amides is 2. The smallest absolute Gasteiger partial charge is 0.253 e. The first-order valence-electron chi connectivity index (χ1n) is 14.9. The number of nitrogens with zero attached hydrogens (tertiary/aromatic N) is 1. The molecule has 0 radical (unpaired) electrons. The van der Waals surface area contributed by atoms with Gasteiger partial charge in [-0.15, -0.1) is 0 Å². The molecule has 3 atom stereocenters. The first-order chi connectivity index (χ1) is 21.2. The van der Waals surface area contributed by atoms with Crippen LogP contribution in [0.15, 0.2) is 82.8 Å². The number of furan rings is 1. The van der Waals surface area contributed by atoms with E-state index in [2.05, 4.69) is 54.1 Å². The van der Waals surface area contributed by atoms with E-state index >= 15 is 0 Å². The summed E-state index contributed by atoms with van der Waals surface area (Å²) >= 11 is 6.47. The minimum absolute atomic E-state index is 0.0252. The first kappa shape index (κ1) is 32.7. The lowest BCUT2D eigenvalue weighted by atomic mass is 9.95. The van der Waals surface area contributed by atoms with Crippen LogP contribution in [0.5, 0.6) is 0 Å². The Balaban J connectivity index is 1.44. The fourth-order valence-electron chi connectivity index (χ4n) is 4.96. The lowest BCUT2D eigenvalue weighted by Crippen LogP contribution is -2.41. The molecule has 2 unspecified atom stereocenters. The van der Waals surface area contributed by atoms with Crippen molar-refractivity contribution in [2.24, 2.45) is 5.92 Å². The highest BCUT2D eigenvalue weighted by Crippen LogP contribution is 2.28. The zero-order chi connectivity index (χ0) is 31.5. The Morgan fingerprint density at radius 3 is 2.66 bits per heavy atom. The Labute approximate surface area is 263 Å². The Hall–Kier alpha value is -4.16. The zero-order valence-corrected chi connectivity index (χ0v) is 25.9. The van der Waals surface area contributed by atoms with Gasteiger partial charge >= 0.3 is 0 Å². The molecule has 4 N–H and O–H groups in total. The summed E-state index contributed by atoms with van der Waals surface area (Å²) in [7, 11) is 0. The van der Waals surface area contributed by atoms with Gasteiger partial charge in [-0.25, -0.2) is 0 Å². The largest absolute Gasteiger partial charge is 0.460 e. The number of aliphatic hydroxyl groups excluding tert-OH is 1. The molecular weight excluding hydrogens is 576 g/mol. The van der Waals surface area contributed by atoms with E-state index in [1.165, 1.54) is 5.57 Å². The molecule has 1 aromatic heterocycles. The van der Waals surface area contributed by atoms with Gasteiger partial charge in [0.1, 0.15) is 11.5 Å². The van der Waals surface area contributed by atoms with Crippen LogP contribution in [0.1, 0.15) is 60.4 Å². The van der Waals surface area contributed by atoms with Gasteiger partial charge in [-0.1, -0.05) is 48.9 Å². The van der Waals surface area contributed by atoms with Crippen LogP contribution in [-0.4, -0.2) is 42.2 Å². The number of aliphatic hydroxyl groups is 1. The van der Waals surface area contributed by atoms with Gasteiger partial charge in [0.2, 0.25) is 5.91 Å². The van der Waals surface area contributed by atoms with Gasteiger partial charge in [0, 0.05) is 37.2 Å². The summed E-state index contributed by atoms with van der Waals surface area (Å²) in [5, 5.41) is 27.7. The second-order valence-corrected chi connectivity index (χ2v) is 11.6. The van der Waals surface area contributed by atoms with Crippen molar-refractivity contribution < 1.29 is 19.1 Å². The number of benzene rings is 2. The number of hydrogen-bond acceptors (Lipinski definition) is 6. The summed E-state index contributed by atoms with van der Waals surface area (Å²) in [4.78, 5) is 26.1. The van der Waals surface area contributed by atoms with E-state index in [1.807, 2.05) is 24.3 Å². The van der Waals surface area contributed by atoms with Crippen LogP contribution in [0.3, 0.4) is 0 Å². The number of hydrogen-bond donors (Lipinski definition) is 4. The molecule has 44 heavy (non-hydrogen) atoms. The Kier molecular flexibility index (Phi) is 12.0. The summed E-state index contributed by atoms with van der Waals surface area (Å²) in [6, 6.07) is 17.7. The number of carbonyl (C=O) groups is 2. The summed E-state index contributed by atoms with van der Waals surface area (Å²) < 4.78 is 6.11. The second kappa shape index (κ2) is 16.1. The minimum atomic E-state index is -0.537. The molecule has 2 aromatic carbocycles. The maximum Gasteiger partial charge on any atom is 0.253 e. The molecular formula is C35H39ClN4O4. The third kappa shape index (κ3) is 9.42. The van der Waals surface area contributed by atoms with E-state index in [9.17, 15) is 9.59 Å². The Bertz CT molecular complexity index is 1540. The monoisotopic (exact) mass is 614 g/mol. The molecule has 4 rings (SSSR count). The molecule has 2 amide bonds. The fraction of sp³-hybridized carbons (Fsp3) is 0.343. The van der Waals surface area contributed by atoms with Crippen molar-refractivity contribution >= 4 is 23.4 Å². The predicted molar refractivity (Wildman–Crippen MR) is 172 cm³/mol. The zero-order valence-electron chi connectivity index (χ0n) is 25.1. The van der Waals surface area contributed by atoms with Crippen molar-refractivity contribution in [3.8, 4) is 17.4 Å². The SMILES string of the molecule is CC1C=CC(C(C)NCc2ccc(-c3ccc(Cl)c(C(=O)N[C@@H](CC(=O)NCCCO)Cc4ccc(C#N)cc4)c3)o2)=CC1. The van der Waals surface area contributed by atoms with E-state index < -0.39 is 11.9 Å². The van der Waals surface area contributed by atoms with Gasteiger partial charge in [-0.3, -0.25) is 9.59 Å². The van der Waals surface area contributed by atoms with Crippen LogP contribution in [0, 0.1) is 17.2 Å². The number of nitriles is 1. The van der Waals surface area contributed by atoms with E-state index in [-0.39, 0.29) is 35.6 Å². The number of rotatable bonds is 14. The lowest BCUT2D eigenvalue weighted by molar-refractivity contribution is -0.121. The normalized spacial score (nSPS) is 15.6. The summed E-state index contributed by atoms with van der Waals surface area (Å²) in [5.74, 6) is 1.30. The summed E-state index contributed by atoms with van der Waals surface area (Å²) in [6.45, 7) is 5.21. The average molecular weight is 615 g/mol. The standard InChI is InChI=1S/C35H39ClN4O4/c1-23-4-10-27(11-5-23)24(2)39-22-30-13-15-33(44-30)28-12-14-32(36)31(19-28)35(43)40-29(20-34(42)38-16-3-17-41)18-25-6-8-26(21-37)9-7-25/h4,6-15,19,23-24,29,39,41H,3,5,16-18,20,22H2,1-2H3,(H,38,42)(H,40,43)/t23?,24?,29-/m1/s1. The summed E-state index contributed by atoms with van der Waals surface area (Å²) in [6.07, 6.45) is 8.58. The molecule has 3 aromatic rings. The molecule has 1 aliphatic rings. The minimum Gasteiger partial charge on any atom is -0.460 e. The molecule has 0 saturated carbocycles.